The van der Waals surface area contributed by atoms with Crippen LogP contribution in [0.25, 0.3) is 0 Å². The van der Waals surface area contributed by atoms with E-state index in [-0.39, 0.29) is 0 Å². The van der Waals surface area contributed by atoms with Crippen molar-refractivity contribution in [2.75, 3.05) is 0 Å². The maximum atomic E-state index is 13.9. The van der Waals surface area contributed by atoms with Gasteiger partial charge in [-0.05, 0) is 12.1 Å². The molecular formula is C16H6F21IO4S. The highest BCUT2D eigenvalue weighted by atomic mass is 127. The Morgan fingerprint density at radius 3 is 0.977 bits per heavy atom. The van der Waals surface area contributed by atoms with Crippen LogP contribution >= 0.6 is 0 Å². The Hall–Kier alpha value is -1.65. The van der Waals surface area contributed by atoms with Gasteiger partial charge in [0, 0.05) is 0 Å². The molecule has 0 aliphatic heterocycles. The Morgan fingerprint density at radius 1 is 0.488 bits per heavy atom. The zero-order valence-corrected chi connectivity index (χ0v) is 21.8. The molecule has 43 heavy (non-hydrogen) atoms. The van der Waals surface area contributed by atoms with Crippen molar-refractivity contribution in [3.63, 3.8) is 0 Å². The molecule has 0 spiro atoms. The highest BCUT2D eigenvalue weighted by Crippen LogP contribution is 2.65. The van der Waals surface area contributed by atoms with Crippen molar-refractivity contribution in [2.45, 2.75) is 57.5 Å². The minimum absolute atomic E-state index is 0.486. The van der Waals surface area contributed by atoms with E-state index >= 15 is 0 Å². The molecule has 0 heterocycles. The van der Waals surface area contributed by atoms with Gasteiger partial charge >= 0.3 is 78.7 Å². The highest BCUT2D eigenvalue weighted by Gasteiger charge is 2.99. The van der Waals surface area contributed by atoms with Gasteiger partial charge in [-0.15, -0.1) is 0 Å². The van der Waals surface area contributed by atoms with Crippen LogP contribution in [0.3, 0.4) is 0 Å². The van der Waals surface area contributed by atoms with Crippen molar-refractivity contribution in [1.29, 1.82) is 0 Å². The van der Waals surface area contributed by atoms with Crippen molar-refractivity contribution in [3.05, 3.63) is 33.9 Å². The molecule has 0 saturated heterocycles. The molecule has 0 amide bonds. The van der Waals surface area contributed by atoms with Gasteiger partial charge in [-0.2, -0.15) is 92.2 Å². The number of hydrogen-bond donors (Lipinski definition) is 1. The second-order valence-corrected chi connectivity index (χ2v) is 11.4. The van der Waals surface area contributed by atoms with Crippen molar-refractivity contribution in [1.82, 2.24) is 0 Å². The third-order valence-corrected chi connectivity index (χ3v) is 7.13. The largest absolute Gasteiger partial charge is 0.726 e. The van der Waals surface area contributed by atoms with Gasteiger partial charge in [0.15, 0.2) is 3.57 Å². The van der Waals surface area contributed by atoms with Crippen LogP contribution in [0.4, 0.5) is 92.2 Å². The summed E-state index contributed by atoms with van der Waals surface area (Å²) in [5, 5.41) is 0. The average Bonchev–Trinajstić information content (AvgIpc) is 2.76. The maximum Gasteiger partial charge on any atom is 0.516 e. The van der Waals surface area contributed by atoms with Crippen LogP contribution in [-0.4, -0.2) is 75.0 Å². The molecule has 1 rings (SSSR count). The molecular weight excluding hydrogens is 814 g/mol. The van der Waals surface area contributed by atoms with E-state index in [1.54, 1.807) is 0 Å². The third kappa shape index (κ3) is 6.96. The Morgan fingerprint density at radius 2 is 0.721 bits per heavy atom. The summed E-state index contributed by atoms with van der Waals surface area (Å²) in [6.45, 7) is 0. The van der Waals surface area contributed by atoms with Crippen molar-refractivity contribution in [3.8, 4) is 0 Å². The SMILES string of the molecule is FC(F)(F)C(F)(F)C(F)(F)C(F)(F)C(F)(F)C(F)(F)C(F)(F)C(F)(F)C(F)(F)C(F)(F)[I+]c1ccccc1.O=S(=O)([O-])O. The minimum atomic E-state index is -9.15. The molecule has 27 heteroatoms. The predicted octanol–water partition coefficient (Wildman–Crippen LogP) is 4.19. The first kappa shape index (κ1) is 41.4. The van der Waals surface area contributed by atoms with Crippen LogP contribution in [0.15, 0.2) is 30.3 Å². The number of halogens is 22. The summed E-state index contributed by atoms with van der Waals surface area (Å²) in [5.74, 6) is -69.9. The summed E-state index contributed by atoms with van der Waals surface area (Å²) in [7, 11) is -4.92. The lowest BCUT2D eigenvalue weighted by atomic mass is 9.87. The molecule has 0 aromatic heterocycles. The number of hydrogen-bond acceptors (Lipinski definition) is 3. The molecule has 0 aliphatic rings. The molecule has 1 aromatic rings. The fourth-order valence-electron chi connectivity index (χ4n) is 2.21. The van der Waals surface area contributed by atoms with E-state index in [2.05, 4.69) is 0 Å². The van der Waals surface area contributed by atoms with Crippen LogP contribution in [0.5, 0.6) is 0 Å². The number of rotatable bonds is 10. The van der Waals surface area contributed by atoms with Gasteiger partial charge in [-0.3, -0.25) is 4.55 Å². The molecule has 0 atom stereocenters. The lowest BCUT2D eigenvalue weighted by Crippen LogP contribution is -3.68. The van der Waals surface area contributed by atoms with E-state index < -0.39 is 92.7 Å². The lowest BCUT2D eigenvalue weighted by molar-refractivity contribution is -0.790. The van der Waals surface area contributed by atoms with E-state index in [1.807, 2.05) is 0 Å². The Labute approximate surface area is 233 Å². The van der Waals surface area contributed by atoms with Crippen LogP contribution in [-0.2, 0) is 10.4 Å². The van der Waals surface area contributed by atoms with E-state index in [0.717, 1.165) is 18.2 Å². The molecule has 0 radical (unpaired) electrons. The van der Waals surface area contributed by atoms with E-state index in [9.17, 15) is 92.2 Å². The van der Waals surface area contributed by atoms with E-state index in [1.165, 1.54) is 0 Å². The summed E-state index contributed by atoms with van der Waals surface area (Å²) in [4.78, 5) is 0. The molecule has 0 unspecified atom stereocenters. The standard InChI is InChI=1S/C16H5F21I.H2O4S/c17-7(18,9(21,22)11(25,26)13(29,30)15(33,34)35)8(19,20)10(23,24)12(27,28)14(31,32)16(36,37)38-6-4-2-1-3-5-6;1-5(2,3)4/h1-5H;(H2,1,2,3,4)/q+1;/p-1. The summed E-state index contributed by atoms with van der Waals surface area (Å²) in [6.07, 6.45) is -7.99. The van der Waals surface area contributed by atoms with Crippen LogP contribution in [0.2, 0.25) is 0 Å². The summed E-state index contributed by atoms with van der Waals surface area (Å²) in [5.41, 5.74) is 0. The Bertz CT molecular complexity index is 1210. The lowest BCUT2D eigenvalue weighted by Gasteiger charge is -2.43. The summed E-state index contributed by atoms with van der Waals surface area (Å²) >= 11 is -3.98. The second-order valence-electron chi connectivity index (χ2n) is 7.41. The molecule has 1 N–H and O–H groups in total. The summed E-state index contributed by atoms with van der Waals surface area (Å²) < 4.78 is 304. The molecule has 0 saturated carbocycles. The van der Waals surface area contributed by atoms with E-state index in [0.29, 0.717) is 12.1 Å². The first-order valence-corrected chi connectivity index (χ1v) is 12.7. The van der Waals surface area contributed by atoms with Gasteiger partial charge in [0.05, 0.1) is 0 Å². The average molecular weight is 820 g/mol. The predicted molar refractivity (Wildman–Crippen MR) is 88.0 cm³/mol. The minimum Gasteiger partial charge on any atom is -0.726 e. The second kappa shape index (κ2) is 11.6. The highest BCUT2D eigenvalue weighted by molar-refractivity contribution is 7.79. The maximum absolute atomic E-state index is 13.9. The first-order valence-electron chi connectivity index (χ1n) is 9.19. The monoisotopic (exact) mass is 820 g/mol. The van der Waals surface area contributed by atoms with Gasteiger partial charge in [0.25, 0.3) is 0 Å². The van der Waals surface area contributed by atoms with E-state index in [4.69, 9.17) is 17.5 Å². The van der Waals surface area contributed by atoms with Gasteiger partial charge < -0.3 is 4.55 Å². The molecule has 0 aliphatic carbocycles. The molecule has 0 bridgehead atoms. The van der Waals surface area contributed by atoms with Crippen molar-refractivity contribution < 1.29 is 131 Å². The fourth-order valence-corrected chi connectivity index (χ4v) is 4.45. The van der Waals surface area contributed by atoms with Crippen molar-refractivity contribution in [2.24, 2.45) is 0 Å². The number of benzene rings is 1. The van der Waals surface area contributed by atoms with Crippen molar-refractivity contribution >= 4 is 10.4 Å². The number of alkyl halides is 22. The Balaban J connectivity index is 0.00000324. The zero-order valence-electron chi connectivity index (χ0n) is 18.8. The smallest absolute Gasteiger partial charge is 0.516 e. The molecule has 1 aromatic carbocycles. The summed E-state index contributed by atoms with van der Waals surface area (Å²) in [6, 6.07) is 3.54. The fraction of sp³-hybridized carbons (Fsp3) is 0.625. The van der Waals surface area contributed by atoms with Gasteiger partial charge in [-0.25, -0.2) is 8.42 Å². The first-order chi connectivity index (χ1) is 18.3. The third-order valence-electron chi connectivity index (χ3n) is 4.43. The Kier molecular flexibility index (Phi) is 11.2. The quantitative estimate of drug-likeness (QED) is 0.127. The zero-order chi connectivity index (χ0) is 35.3. The topological polar surface area (TPSA) is 77.4 Å². The van der Waals surface area contributed by atoms with Gasteiger partial charge in [-0.1, -0.05) is 18.2 Å². The van der Waals surface area contributed by atoms with Gasteiger partial charge in [0.1, 0.15) is 0 Å². The molecule has 0 fully saturated rings. The van der Waals surface area contributed by atoms with Crippen LogP contribution in [0, 0.1) is 3.57 Å². The normalized spacial score (nSPS) is 15.6. The van der Waals surface area contributed by atoms with Crippen LogP contribution < -0.4 is 21.2 Å². The molecule has 4 nitrogen and oxygen atoms in total. The molecule has 254 valence electrons. The van der Waals surface area contributed by atoms with Crippen LogP contribution in [0.1, 0.15) is 0 Å². The van der Waals surface area contributed by atoms with Gasteiger partial charge in [0.2, 0.25) is 10.4 Å².